The summed E-state index contributed by atoms with van der Waals surface area (Å²) in [6.07, 6.45) is -0.941. The van der Waals surface area contributed by atoms with Gasteiger partial charge in [0, 0.05) is 0 Å². The van der Waals surface area contributed by atoms with E-state index in [-0.39, 0.29) is 0 Å². The van der Waals surface area contributed by atoms with Gasteiger partial charge in [0.1, 0.15) is 0 Å². The number of hydrogen-bond donors (Lipinski definition) is 4. The Balaban J connectivity index is 5.23. The van der Waals surface area contributed by atoms with Gasteiger partial charge in [-0.1, -0.05) is 6.92 Å². The lowest BCUT2D eigenvalue weighted by atomic mass is 9.80. The summed E-state index contributed by atoms with van der Waals surface area (Å²) in [5, 5.41) is 34.7. The standard InChI is InChI=1S/C9H12O8/c1-3(7(12)13)6(9(16)17)4(8(14)15)2-5(10)11/h3-4,6H,2H2,1H3,(H,10,11)(H,12,13)(H,14,15)(H,16,17). The third-order valence-electron chi connectivity index (χ3n) is 2.36. The van der Waals surface area contributed by atoms with Crippen molar-refractivity contribution in [3.05, 3.63) is 0 Å². The second-order valence-electron chi connectivity index (χ2n) is 3.53. The Bertz CT molecular complexity index is 347. The molecule has 8 heteroatoms. The summed E-state index contributed by atoms with van der Waals surface area (Å²) < 4.78 is 0. The predicted octanol–water partition coefficient (Wildman–Crippen LogP) is -0.417. The Morgan fingerprint density at radius 2 is 1.35 bits per heavy atom. The molecule has 0 saturated carbocycles. The van der Waals surface area contributed by atoms with Crippen LogP contribution in [-0.2, 0) is 19.2 Å². The van der Waals surface area contributed by atoms with Crippen LogP contribution in [-0.4, -0.2) is 44.3 Å². The first-order valence-corrected chi connectivity index (χ1v) is 4.58. The van der Waals surface area contributed by atoms with E-state index in [1.54, 1.807) is 0 Å². The second-order valence-corrected chi connectivity index (χ2v) is 3.53. The molecule has 0 aromatic heterocycles. The number of rotatable bonds is 7. The van der Waals surface area contributed by atoms with Crippen LogP contribution < -0.4 is 0 Å². The van der Waals surface area contributed by atoms with Crippen molar-refractivity contribution in [2.45, 2.75) is 13.3 Å². The summed E-state index contributed by atoms with van der Waals surface area (Å²) >= 11 is 0. The van der Waals surface area contributed by atoms with Crippen LogP contribution >= 0.6 is 0 Å². The summed E-state index contributed by atoms with van der Waals surface area (Å²) in [6.45, 7) is 1.03. The van der Waals surface area contributed by atoms with Crippen LogP contribution in [0.15, 0.2) is 0 Å². The lowest BCUT2D eigenvalue weighted by Crippen LogP contribution is -2.38. The maximum atomic E-state index is 10.9. The molecule has 17 heavy (non-hydrogen) atoms. The van der Waals surface area contributed by atoms with Crippen LogP contribution in [0.5, 0.6) is 0 Å². The fourth-order valence-corrected chi connectivity index (χ4v) is 1.44. The van der Waals surface area contributed by atoms with E-state index in [4.69, 9.17) is 20.4 Å². The molecule has 8 nitrogen and oxygen atoms in total. The van der Waals surface area contributed by atoms with Gasteiger partial charge in [-0.15, -0.1) is 0 Å². The van der Waals surface area contributed by atoms with Crippen molar-refractivity contribution in [1.29, 1.82) is 0 Å². The first-order valence-electron chi connectivity index (χ1n) is 4.58. The molecule has 0 heterocycles. The molecular formula is C9H12O8. The molecule has 0 rings (SSSR count). The summed E-state index contributed by atoms with van der Waals surface area (Å²) in [7, 11) is 0. The fraction of sp³-hybridized carbons (Fsp3) is 0.556. The SMILES string of the molecule is CC(C(=O)O)C(C(=O)O)C(CC(=O)O)C(=O)O. The van der Waals surface area contributed by atoms with Crippen LogP contribution in [0.3, 0.4) is 0 Å². The van der Waals surface area contributed by atoms with Crippen molar-refractivity contribution >= 4 is 23.9 Å². The highest BCUT2D eigenvalue weighted by Crippen LogP contribution is 2.25. The van der Waals surface area contributed by atoms with E-state index in [1.807, 2.05) is 0 Å². The monoisotopic (exact) mass is 248 g/mol. The average molecular weight is 248 g/mol. The van der Waals surface area contributed by atoms with Gasteiger partial charge >= 0.3 is 23.9 Å². The van der Waals surface area contributed by atoms with E-state index >= 15 is 0 Å². The Labute approximate surface area is 95.5 Å². The highest BCUT2D eigenvalue weighted by atomic mass is 16.4. The zero-order valence-corrected chi connectivity index (χ0v) is 8.86. The fourth-order valence-electron chi connectivity index (χ4n) is 1.44. The summed E-state index contributed by atoms with van der Waals surface area (Å²) in [5.41, 5.74) is 0. The molecule has 4 N–H and O–H groups in total. The molecule has 96 valence electrons. The van der Waals surface area contributed by atoms with Gasteiger partial charge in [-0.25, -0.2) is 0 Å². The lowest BCUT2D eigenvalue weighted by molar-refractivity contribution is -0.163. The third-order valence-corrected chi connectivity index (χ3v) is 2.36. The topological polar surface area (TPSA) is 149 Å². The molecule has 3 unspecified atom stereocenters. The number of carbonyl (C=O) groups is 4. The molecule has 0 saturated heterocycles. The van der Waals surface area contributed by atoms with Crippen molar-refractivity contribution in [3.8, 4) is 0 Å². The quantitative estimate of drug-likeness (QED) is 0.474. The van der Waals surface area contributed by atoms with Crippen LogP contribution in [0.25, 0.3) is 0 Å². The van der Waals surface area contributed by atoms with Crippen molar-refractivity contribution in [1.82, 2.24) is 0 Å². The molecule has 0 aromatic carbocycles. The zero-order chi connectivity index (χ0) is 13.7. The van der Waals surface area contributed by atoms with Crippen molar-refractivity contribution in [2.75, 3.05) is 0 Å². The predicted molar refractivity (Wildman–Crippen MR) is 51.3 cm³/mol. The minimum absolute atomic E-state index is 0.941. The van der Waals surface area contributed by atoms with Gasteiger partial charge in [-0.05, 0) is 0 Å². The van der Waals surface area contributed by atoms with Gasteiger partial charge in [-0.2, -0.15) is 0 Å². The lowest BCUT2D eigenvalue weighted by Gasteiger charge is -2.22. The van der Waals surface area contributed by atoms with E-state index < -0.39 is 48.1 Å². The van der Waals surface area contributed by atoms with Gasteiger partial charge in [-0.3, -0.25) is 19.2 Å². The van der Waals surface area contributed by atoms with Gasteiger partial charge in [0.05, 0.1) is 24.2 Å². The van der Waals surface area contributed by atoms with E-state index in [1.165, 1.54) is 0 Å². The highest BCUT2D eigenvalue weighted by molar-refractivity contribution is 5.87. The Morgan fingerprint density at radius 1 is 0.882 bits per heavy atom. The largest absolute Gasteiger partial charge is 0.481 e. The zero-order valence-electron chi connectivity index (χ0n) is 8.86. The normalized spacial score (nSPS) is 15.6. The van der Waals surface area contributed by atoms with Crippen LogP contribution in [0.4, 0.5) is 0 Å². The van der Waals surface area contributed by atoms with Crippen LogP contribution in [0.1, 0.15) is 13.3 Å². The molecule has 0 spiro atoms. The molecule has 0 amide bonds. The van der Waals surface area contributed by atoms with E-state index in [0.717, 1.165) is 6.92 Å². The number of carboxylic acid groups (broad SMARTS) is 4. The Morgan fingerprint density at radius 3 is 1.59 bits per heavy atom. The number of aliphatic carboxylic acids is 4. The minimum atomic E-state index is -1.79. The van der Waals surface area contributed by atoms with Crippen molar-refractivity contribution < 1.29 is 39.6 Å². The summed E-state index contributed by atoms with van der Waals surface area (Å²) in [5.74, 6) is -11.3. The van der Waals surface area contributed by atoms with Crippen LogP contribution in [0.2, 0.25) is 0 Å². The van der Waals surface area contributed by atoms with Gasteiger partial charge in [0.15, 0.2) is 0 Å². The minimum Gasteiger partial charge on any atom is -0.481 e. The molecule has 0 aliphatic rings. The van der Waals surface area contributed by atoms with E-state index in [0.29, 0.717) is 0 Å². The molecule has 3 atom stereocenters. The van der Waals surface area contributed by atoms with E-state index in [2.05, 4.69) is 0 Å². The molecule has 0 radical (unpaired) electrons. The second kappa shape index (κ2) is 5.83. The number of hydrogen-bond acceptors (Lipinski definition) is 4. The maximum Gasteiger partial charge on any atom is 0.308 e. The van der Waals surface area contributed by atoms with Crippen molar-refractivity contribution in [2.24, 2.45) is 17.8 Å². The van der Waals surface area contributed by atoms with E-state index in [9.17, 15) is 19.2 Å². The van der Waals surface area contributed by atoms with Crippen LogP contribution in [0, 0.1) is 17.8 Å². The Kier molecular flexibility index (Phi) is 5.10. The first kappa shape index (κ1) is 14.9. The van der Waals surface area contributed by atoms with Gasteiger partial charge < -0.3 is 20.4 Å². The molecule has 0 aromatic rings. The molecule has 0 fully saturated rings. The third kappa shape index (κ3) is 4.09. The molecule has 0 bridgehead atoms. The molecule has 0 aliphatic carbocycles. The molecular weight excluding hydrogens is 236 g/mol. The smallest absolute Gasteiger partial charge is 0.308 e. The Hall–Kier alpha value is -2.12. The first-order chi connectivity index (χ1) is 7.68. The van der Waals surface area contributed by atoms with Gasteiger partial charge in [0.2, 0.25) is 0 Å². The number of carboxylic acids is 4. The summed E-state index contributed by atoms with van der Waals surface area (Å²) in [4.78, 5) is 42.7. The average Bonchev–Trinajstić information content (AvgIpc) is 2.14. The summed E-state index contributed by atoms with van der Waals surface area (Å²) in [6, 6.07) is 0. The highest BCUT2D eigenvalue weighted by Gasteiger charge is 2.41. The van der Waals surface area contributed by atoms with Crippen molar-refractivity contribution in [3.63, 3.8) is 0 Å². The maximum absolute atomic E-state index is 10.9. The van der Waals surface area contributed by atoms with Gasteiger partial charge in [0.25, 0.3) is 0 Å². The molecule has 0 aliphatic heterocycles.